The second kappa shape index (κ2) is 5.91. The minimum Gasteiger partial charge on any atom is -0.342 e. The number of carbonyl (C=O) groups is 1. The van der Waals surface area contributed by atoms with Crippen LogP contribution >= 0.6 is 0 Å². The highest BCUT2D eigenvalue weighted by Crippen LogP contribution is 2.28. The number of likely N-dealkylation sites (N-methyl/N-ethyl adjacent to an activating group) is 2. The van der Waals surface area contributed by atoms with E-state index in [1.54, 1.807) is 12.7 Å². The third-order valence-corrected chi connectivity index (χ3v) is 4.29. The van der Waals surface area contributed by atoms with Crippen LogP contribution in [0.2, 0.25) is 0 Å². The van der Waals surface area contributed by atoms with Gasteiger partial charge in [0.15, 0.2) is 0 Å². The highest BCUT2D eigenvalue weighted by atomic mass is 16.2. The van der Waals surface area contributed by atoms with Crippen molar-refractivity contribution in [3.8, 4) is 0 Å². The molecule has 1 saturated heterocycles. The zero-order valence-electron chi connectivity index (χ0n) is 12.8. The molecule has 2 heterocycles. The van der Waals surface area contributed by atoms with Gasteiger partial charge >= 0.3 is 0 Å². The van der Waals surface area contributed by atoms with Gasteiger partial charge in [-0.1, -0.05) is 0 Å². The van der Waals surface area contributed by atoms with Crippen LogP contribution in [0.1, 0.15) is 33.1 Å². The SMILES string of the molecule is CNC1CCCC(C)(C)N(CC2N=CN=CN2C)C1=O. The average molecular weight is 279 g/mol. The summed E-state index contributed by atoms with van der Waals surface area (Å²) in [6, 6.07) is -0.0803. The Hall–Kier alpha value is -1.43. The van der Waals surface area contributed by atoms with E-state index < -0.39 is 0 Å². The fourth-order valence-corrected chi connectivity index (χ4v) is 2.86. The molecule has 0 saturated carbocycles. The number of rotatable bonds is 3. The van der Waals surface area contributed by atoms with Crippen molar-refractivity contribution in [1.82, 2.24) is 15.1 Å². The van der Waals surface area contributed by atoms with Crippen LogP contribution in [0, 0.1) is 0 Å². The summed E-state index contributed by atoms with van der Waals surface area (Å²) < 4.78 is 0. The standard InChI is InChI=1S/C14H25N5O/c1-14(2)7-5-6-11(15-3)13(20)19(14)8-12-17-9-16-10-18(12)4/h9-12,15H,5-8H2,1-4H3. The summed E-state index contributed by atoms with van der Waals surface area (Å²) in [7, 11) is 3.80. The van der Waals surface area contributed by atoms with Gasteiger partial charge in [0.2, 0.25) is 5.91 Å². The van der Waals surface area contributed by atoms with Gasteiger partial charge in [-0.15, -0.1) is 0 Å². The molecule has 0 aliphatic carbocycles. The number of likely N-dealkylation sites (tertiary alicyclic amines) is 1. The monoisotopic (exact) mass is 279 g/mol. The van der Waals surface area contributed by atoms with Crippen LogP contribution in [0.3, 0.4) is 0 Å². The number of aliphatic imine (C=N–C) groups is 2. The Balaban J connectivity index is 2.18. The number of hydrogen-bond acceptors (Lipinski definition) is 5. The lowest BCUT2D eigenvalue weighted by molar-refractivity contribution is -0.138. The van der Waals surface area contributed by atoms with E-state index in [0.717, 1.165) is 19.3 Å². The van der Waals surface area contributed by atoms with E-state index in [2.05, 4.69) is 29.1 Å². The van der Waals surface area contributed by atoms with Gasteiger partial charge in [-0.25, -0.2) is 9.98 Å². The molecule has 1 fully saturated rings. The Kier molecular flexibility index (Phi) is 4.42. The van der Waals surface area contributed by atoms with Crippen LogP contribution in [-0.2, 0) is 4.79 Å². The molecule has 0 aromatic carbocycles. The Morgan fingerprint density at radius 2 is 2.25 bits per heavy atom. The summed E-state index contributed by atoms with van der Waals surface area (Å²) in [6.07, 6.45) is 6.25. The lowest BCUT2D eigenvalue weighted by Gasteiger charge is -2.41. The Bertz CT molecular complexity index is 418. The van der Waals surface area contributed by atoms with Gasteiger partial charge in [0, 0.05) is 12.6 Å². The molecular weight excluding hydrogens is 254 g/mol. The molecule has 0 radical (unpaired) electrons. The predicted molar refractivity (Wildman–Crippen MR) is 81.0 cm³/mol. The van der Waals surface area contributed by atoms with Crippen molar-refractivity contribution in [2.45, 2.75) is 50.9 Å². The molecule has 0 spiro atoms. The smallest absolute Gasteiger partial charge is 0.240 e. The van der Waals surface area contributed by atoms with E-state index in [4.69, 9.17) is 0 Å². The van der Waals surface area contributed by atoms with Crippen LogP contribution in [0.15, 0.2) is 9.98 Å². The highest BCUT2D eigenvalue weighted by molar-refractivity contribution is 5.83. The maximum absolute atomic E-state index is 12.7. The van der Waals surface area contributed by atoms with Crippen molar-refractivity contribution in [2.24, 2.45) is 9.98 Å². The molecule has 2 unspecified atom stereocenters. The van der Waals surface area contributed by atoms with Gasteiger partial charge in [0.05, 0.1) is 18.9 Å². The molecule has 2 aliphatic rings. The summed E-state index contributed by atoms with van der Waals surface area (Å²) in [5.74, 6) is 0.182. The largest absolute Gasteiger partial charge is 0.342 e. The zero-order valence-corrected chi connectivity index (χ0v) is 12.8. The zero-order chi connectivity index (χ0) is 14.8. The van der Waals surface area contributed by atoms with Crippen molar-refractivity contribution in [2.75, 3.05) is 20.6 Å². The Labute approximate surface area is 120 Å². The summed E-state index contributed by atoms with van der Waals surface area (Å²) in [5.41, 5.74) is -0.131. The molecule has 112 valence electrons. The van der Waals surface area contributed by atoms with Gasteiger partial charge in [0.1, 0.15) is 12.5 Å². The topological polar surface area (TPSA) is 60.3 Å². The van der Waals surface area contributed by atoms with Crippen LogP contribution in [-0.4, -0.2) is 66.8 Å². The molecule has 1 amide bonds. The van der Waals surface area contributed by atoms with Gasteiger partial charge in [-0.2, -0.15) is 0 Å². The number of nitrogens with zero attached hydrogens (tertiary/aromatic N) is 4. The maximum atomic E-state index is 12.7. The van der Waals surface area contributed by atoms with E-state index in [9.17, 15) is 4.79 Å². The quantitative estimate of drug-likeness (QED) is 0.827. The molecule has 0 bridgehead atoms. The third kappa shape index (κ3) is 3.00. The van der Waals surface area contributed by atoms with Gasteiger partial charge < -0.3 is 15.1 Å². The first kappa shape index (κ1) is 15.0. The first-order valence-corrected chi connectivity index (χ1v) is 7.21. The van der Waals surface area contributed by atoms with Crippen LogP contribution < -0.4 is 5.32 Å². The molecule has 0 aromatic heterocycles. The highest BCUT2D eigenvalue weighted by Gasteiger charge is 2.38. The first-order valence-electron chi connectivity index (χ1n) is 7.21. The third-order valence-electron chi connectivity index (χ3n) is 4.29. The average Bonchev–Trinajstić information content (AvgIpc) is 2.51. The second-order valence-corrected chi connectivity index (χ2v) is 6.17. The van der Waals surface area contributed by atoms with Crippen molar-refractivity contribution in [1.29, 1.82) is 0 Å². The fourth-order valence-electron chi connectivity index (χ4n) is 2.86. The van der Waals surface area contributed by atoms with Crippen LogP contribution in [0.25, 0.3) is 0 Å². The summed E-state index contributed by atoms with van der Waals surface area (Å²) in [5, 5.41) is 3.14. The Morgan fingerprint density at radius 1 is 1.50 bits per heavy atom. The molecule has 20 heavy (non-hydrogen) atoms. The molecule has 2 aliphatic heterocycles. The predicted octanol–water partition coefficient (Wildman–Crippen LogP) is 0.694. The lowest BCUT2D eigenvalue weighted by Crippen LogP contribution is -2.56. The molecule has 6 nitrogen and oxygen atoms in total. The van der Waals surface area contributed by atoms with Crippen molar-refractivity contribution >= 4 is 18.6 Å². The van der Waals surface area contributed by atoms with E-state index in [1.165, 1.54) is 0 Å². The van der Waals surface area contributed by atoms with E-state index >= 15 is 0 Å². The second-order valence-electron chi connectivity index (χ2n) is 6.17. The number of hydrogen-bond donors (Lipinski definition) is 1. The minimum atomic E-state index is -0.131. The number of carbonyl (C=O) groups excluding carboxylic acids is 1. The van der Waals surface area contributed by atoms with Crippen LogP contribution in [0.5, 0.6) is 0 Å². The molecule has 2 rings (SSSR count). The summed E-state index contributed by atoms with van der Waals surface area (Å²) >= 11 is 0. The maximum Gasteiger partial charge on any atom is 0.240 e. The number of amides is 1. The Morgan fingerprint density at radius 3 is 2.90 bits per heavy atom. The summed E-state index contributed by atoms with van der Waals surface area (Å²) in [6.45, 7) is 4.89. The fraction of sp³-hybridized carbons (Fsp3) is 0.786. The first-order chi connectivity index (χ1) is 9.45. The van der Waals surface area contributed by atoms with Gasteiger partial charge in [-0.05, 0) is 40.2 Å². The molecule has 1 N–H and O–H groups in total. The van der Waals surface area contributed by atoms with Crippen molar-refractivity contribution in [3.05, 3.63) is 0 Å². The molecule has 2 atom stereocenters. The normalized spacial score (nSPS) is 29.7. The van der Waals surface area contributed by atoms with E-state index in [-0.39, 0.29) is 23.7 Å². The van der Waals surface area contributed by atoms with Crippen LogP contribution in [0.4, 0.5) is 0 Å². The number of nitrogens with one attached hydrogen (secondary N) is 1. The van der Waals surface area contributed by atoms with Gasteiger partial charge in [-0.3, -0.25) is 4.79 Å². The van der Waals surface area contributed by atoms with E-state index in [1.807, 2.05) is 23.9 Å². The van der Waals surface area contributed by atoms with Crippen molar-refractivity contribution in [3.63, 3.8) is 0 Å². The minimum absolute atomic E-state index is 0.0497. The van der Waals surface area contributed by atoms with Crippen molar-refractivity contribution < 1.29 is 4.79 Å². The molecule has 6 heteroatoms. The van der Waals surface area contributed by atoms with E-state index in [0.29, 0.717) is 6.54 Å². The summed E-state index contributed by atoms with van der Waals surface area (Å²) in [4.78, 5) is 25.0. The molecule has 0 aromatic rings. The lowest BCUT2D eigenvalue weighted by atomic mass is 9.96. The molecular formula is C14H25N5O. The van der Waals surface area contributed by atoms with Gasteiger partial charge in [0.25, 0.3) is 0 Å².